The summed E-state index contributed by atoms with van der Waals surface area (Å²) in [6, 6.07) is 13.5. The monoisotopic (exact) mass is 451 g/mol. The molecule has 2 heterocycles. The van der Waals surface area contributed by atoms with Crippen LogP contribution >= 0.6 is 35.3 Å². The van der Waals surface area contributed by atoms with Crippen molar-refractivity contribution in [2.24, 2.45) is 0 Å². The van der Waals surface area contributed by atoms with Crippen LogP contribution in [0.5, 0.6) is 0 Å². The third-order valence-corrected chi connectivity index (χ3v) is 5.85. The van der Waals surface area contributed by atoms with Crippen LogP contribution in [-0.4, -0.2) is 46.9 Å². The number of hydrogen-bond donors (Lipinski definition) is 0. The highest BCUT2D eigenvalue weighted by molar-refractivity contribution is 7.09. The van der Waals surface area contributed by atoms with Crippen LogP contribution in [0.2, 0.25) is 5.02 Å². The Bertz CT molecular complexity index is 972. The lowest BCUT2D eigenvalue weighted by molar-refractivity contribution is 0.0628. The number of aromatic nitrogens is 1. The van der Waals surface area contributed by atoms with Crippen LogP contribution in [0.3, 0.4) is 0 Å². The van der Waals surface area contributed by atoms with E-state index in [1.54, 1.807) is 47.7 Å². The third kappa shape index (κ3) is 5.34. The van der Waals surface area contributed by atoms with E-state index in [1.807, 2.05) is 10.3 Å². The molecule has 0 radical (unpaired) electrons. The molecule has 2 aromatic carbocycles. The fourth-order valence-corrected chi connectivity index (χ4v) is 4.28. The number of halogens is 3. The number of nitrogens with zero attached hydrogens (tertiary/aromatic N) is 3. The van der Waals surface area contributed by atoms with Crippen LogP contribution < -0.4 is 0 Å². The van der Waals surface area contributed by atoms with E-state index < -0.39 is 0 Å². The first-order valence-corrected chi connectivity index (χ1v) is 10.3. The third-order valence-electron chi connectivity index (χ3n) is 4.78. The number of benzene rings is 2. The molecule has 0 N–H and O–H groups in total. The summed E-state index contributed by atoms with van der Waals surface area (Å²) in [6.45, 7) is 3.73. The average molecular weight is 452 g/mol. The molecule has 0 saturated carbocycles. The van der Waals surface area contributed by atoms with Crippen LogP contribution in [0.1, 0.15) is 15.4 Å². The maximum atomic E-state index is 13.1. The summed E-state index contributed by atoms with van der Waals surface area (Å²) in [6.07, 6.45) is 0. The largest absolute Gasteiger partial charge is 0.336 e. The van der Waals surface area contributed by atoms with Gasteiger partial charge in [0.2, 0.25) is 0 Å². The lowest BCUT2D eigenvalue weighted by atomic mass is 10.2. The highest BCUT2D eigenvalue weighted by Crippen LogP contribution is 2.23. The molecule has 0 aliphatic carbocycles. The van der Waals surface area contributed by atoms with Gasteiger partial charge in [0.1, 0.15) is 10.8 Å². The summed E-state index contributed by atoms with van der Waals surface area (Å²) in [5.74, 6) is -0.223. The van der Waals surface area contributed by atoms with Crippen LogP contribution in [0.25, 0.3) is 11.3 Å². The summed E-state index contributed by atoms with van der Waals surface area (Å²) < 4.78 is 13.1. The van der Waals surface area contributed by atoms with E-state index in [-0.39, 0.29) is 24.1 Å². The van der Waals surface area contributed by atoms with Gasteiger partial charge < -0.3 is 4.90 Å². The molecule has 8 heteroatoms. The van der Waals surface area contributed by atoms with Crippen LogP contribution in [0.4, 0.5) is 4.39 Å². The number of thiazole rings is 1. The Kier molecular flexibility index (Phi) is 7.24. The normalized spacial score (nSPS) is 14.5. The van der Waals surface area contributed by atoms with E-state index in [0.29, 0.717) is 23.7 Å². The second-order valence-electron chi connectivity index (χ2n) is 6.71. The number of carbonyl (C=O) groups excluding carboxylic acids is 1. The van der Waals surface area contributed by atoms with Crippen molar-refractivity contribution in [3.8, 4) is 11.3 Å². The molecular weight excluding hydrogens is 432 g/mol. The molecular formula is C21H20Cl2FN3OS. The van der Waals surface area contributed by atoms with Gasteiger partial charge in [0.15, 0.2) is 0 Å². The minimum Gasteiger partial charge on any atom is -0.336 e. The molecule has 0 spiro atoms. The summed E-state index contributed by atoms with van der Waals surface area (Å²) in [5.41, 5.74) is 2.42. The number of rotatable bonds is 4. The first-order valence-electron chi connectivity index (χ1n) is 9.06. The van der Waals surface area contributed by atoms with Crippen molar-refractivity contribution in [1.82, 2.24) is 14.8 Å². The Morgan fingerprint density at radius 2 is 1.83 bits per heavy atom. The van der Waals surface area contributed by atoms with E-state index >= 15 is 0 Å². The standard InChI is InChI=1S/C21H19ClFN3OS.ClH/c22-17-3-1-2-16(12-17)21(27)26-10-8-25(9-11-26)13-20-24-19(14-28-20)15-4-6-18(23)7-5-15;/h1-7,12,14H,8-11,13H2;1H. The fourth-order valence-electron chi connectivity index (χ4n) is 3.24. The molecule has 29 heavy (non-hydrogen) atoms. The number of amides is 1. The topological polar surface area (TPSA) is 36.4 Å². The summed E-state index contributed by atoms with van der Waals surface area (Å²) in [5, 5.41) is 3.60. The number of carbonyl (C=O) groups is 1. The zero-order valence-corrected chi connectivity index (χ0v) is 17.9. The van der Waals surface area contributed by atoms with E-state index in [9.17, 15) is 9.18 Å². The number of piperazine rings is 1. The van der Waals surface area contributed by atoms with E-state index in [2.05, 4.69) is 9.88 Å². The summed E-state index contributed by atoms with van der Waals surface area (Å²) in [7, 11) is 0. The second kappa shape index (κ2) is 9.67. The molecule has 0 atom stereocenters. The van der Waals surface area contributed by atoms with Gasteiger partial charge in [-0.15, -0.1) is 23.7 Å². The van der Waals surface area contributed by atoms with Gasteiger partial charge in [-0.1, -0.05) is 17.7 Å². The van der Waals surface area contributed by atoms with Gasteiger partial charge in [-0.05, 0) is 42.5 Å². The van der Waals surface area contributed by atoms with Crippen molar-refractivity contribution >= 4 is 41.3 Å². The van der Waals surface area contributed by atoms with E-state index in [1.165, 1.54) is 12.1 Å². The Balaban J connectivity index is 0.00000240. The zero-order valence-electron chi connectivity index (χ0n) is 15.6. The van der Waals surface area contributed by atoms with Crippen molar-refractivity contribution < 1.29 is 9.18 Å². The minimum absolute atomic E-state index is 0. The van der Waals surface area contributed by atoms with Crippen LogP contribution in [0.15, 0.2) is 53.9 Å². The van der Waals surface area contributed by atoms with Gasteiger partial charge in [-0.2, -0.15) is 0 Å². The smallest absolute Gasteiger partial charge is 0.253 e. The molecule has 1 fully saturated rings. The minimum atomic E-state index is -0.246. The molecule has 1 aliphatic heterocycles. The summed E-state index contributed by atoms with van der Waals surface area (Å²) >= 11 is 7.60. The maximum absolute atomic E-state index is 13.1. The lowest BCUT2D eigenvalue weighted by Gasteiger charge is -2.34. The van der Waals surface area contributed by atoms with Gasteiger partial charge in [0, 0.05) is 47.7 Å². The highest BCUT2D eigenvalue weighted by Gasteiger charge is 2.23. The molecule has 1 aromatic heterocycles. The Hall–Kier alpha value is -1.99. The molecule has 1 aliphatic rings. The summed E-state index contributed by atoms with van der Waals surface area (Å²) in [4.78, 5) is 21.5. The first kappa shape index (κ1) is 21.7. The predicted octanol–water partition coefficient (Wildman–Crippen LogP) is 4.98. The van der Waals surface area contributed by atoms with Crippen molar-refractivity contribution in [1.29, 1.82) is 0 Å². The first-order chi connectivity index (χ1) is 13.6. The van der Waals surface area contributed by atoms with Crippen molar-refractivity contribution in [2.45, 2.75) is 6.54 Å². The van der Waals surface area contributed by atoms with Gasteiger partial charge in [-0.25, -0.2) is 9.37 Å². The van der Waals surface area contributed by atoms with Crippen molar-refractivity contribution in [3.63, 3.8) is 0 Å². The van der Waals surface area contributed by atoms with E-state index in [4.69, 9.17) is 11.6 Å². The Morgan fingerprint density at radius 1 is 1.10 bits per heavy atom. The highest BCUT2D eigenvalue weighted by atomic mass is 35.5. The molecule has 4 rings (SSSR count). The molecule has 0 bridgehead atoms. The van der Waals surface area contributed by atoms with Gasteiger partial charge >= 0.3 is 0 Å². The molecule has 152 valence electrons. The Morgan fingerprint density at radius 3 is 2.52 bits per heavy atom. The molecule has 1 saturated heterocycles. The molecule has 0 unspecified atom stereocenters. The van der Waals surface area contributed by atoms with Gasteiger partial charge in [0.25, 0.3) is 5.91 Å². The van der Waals surface area contributed by atoms with E-state index in [0.717, 1.165) is 35.9 Å². The molecule has 4 nitrogen and oxygen atoms in total. The average Bonchev–Trinajstić information content (AvgIpc) is 3.17. The quantitative estimate of drug-likeness (QED) is 0.560. The van der Waals surface area contributed by atoms with Gasteiger partial charge in [0.05, 0.1) is 12.2 Å². The Labute approximate surface area is 184 Å². The molecule has 3 aromatic rings. The second-order valence-corrected chi connectivity index (χ2v) is 8.09. The number of hydrogen-bond acceptors (Lipinski definition) is 4. The van der Waals surface area contributed by atoms with Crippen molar-refractivity contribution in [3.05, 3.63) is 75.3 Å². The zero-order chi connectivity index (χ0) is 19.5. The van der Waals surface area contributed by atoms with Crippen molar-refractivity contribution in [2.75, 3.05) is 26.2 Å². The van der Waals surface area contributed by atoms with Crippen LogP contribution in [-0.2, 0) is 6.54 Å². The SMILES string of the molecule is Cl.O=C(c1cccc(Cl)c1)N1CCN(Cc2nc(-c3ccc(F)cc3)cs2)CC1. The lowest BCUT2D eigenvalue weighted by Crippen LogP contribution is -2.48. The van der Waals surface area contributed by atoms with Crippen LogP contribution in [0, 0.1) is 5.82 Å². The maximum Gasteiger partial charge on any atom is 0.253 e. The molecule has 1 amide bonds. The fraction of sp³-hybridized carbons (Fsp3) is 0.238. The predicted molar refractivity (Wildman–Crippen MR) is 117 cm³/mol. The van der Waals surface area contributed by atoms with Gasteiger partial charge in [-0.3, -0.25) is 9.69 Å².